The Hall–Kier alpha value is -0.750. The Labute approximate surface area is 86.9 Å². The fraction of sp³-hybridized carbons (Fsp3) is 0.750. The Morgan fingerprint density at radius 1 is 1.36 bits per heavy atom. The van der Waals surface area contributed by atoms with E-state index in [1.807, 2.05) is 6.26 Å². The fourth-order valence-corrected chi connectivity index (χ4v) is 1.74. The number of hydrogen-bond donors (Lipinski definition) is 2. The summed E-state index contributed by atoms with van der Waals surface area (Å²) >= 11 is 1.51. The lowest BCUT2D eigenvalue weighted by atomic mass is 10.2. The summed E-state index contributed by atoms with van der Waals surface area (Å²) < 4.78 is 5.04. The van der Waals surface area contributed by atoms with Crippen LogP contribution in [-0.4, -0.2) is 42.7 Å². The summed E-state index contributed by atoms with van der Waals surface area (Å²) in [7, 11) is 0. The first-order valence-electron chi connectivity index (χ1n) is 4.40. The molecular formula is C8H14N2O3S. The molecule has 2 N–H and O–H groups in total. The van der Waals surface area contributed by atoms with Gasteiger partial charge in [-0.15, -0.1) is 0 Å². The van der Waals surface area contributed by atoms with E-state index in [9.17, 15) is 9.59 Å². The molecule has 1 heterocycles. The summed E-state index contributed by atoms with van der Waals surface area (Å²) in [6.45, 7) is 2.17. The van der Waals surface area contributed by atoms with Crippen LogP contribution < -0.4 is 10.6 Å². The van der Waals surface area contributed by atoms with Gasteiger partial charge in [0.05, 0.1) is 0 Å². The van der Waals surface area contributed by atoms with Gasteiger partial charge in [0.25, 0.3) is 5.91 Å². The van der Waals surface area contributed by atoms with Gasteiger partial charge in [-0.1, -0.05) is 0 Å². The van der Waals surface area contributed by atoms with Crippen molar-refractivity contribution in [3.8, 4) is 0 Å². The molecule has 1 saturated heterocycles. The van der Waals surface area contributed by atoms with E-state index in [1.165, 1.54) is 11.8 Å². The van der Waals surface area contributed by atoms with Crippen LogP contribution in [-0.2, 0) is 14.3 Å². The van der Waals surface area contributed by atoms with Gasteiger partial charge >= 0.3 is 0 Å². The molecule has 2 amide bonds. The van der Waals surface area contributed by atoms with E-state index in [0.29, 0.717) is 12.4 Å². The lowest BCUT2D eigenvalue weighted by Gasteiger charge is -2.28. The van der Waals surface area contributed by atoms with Gasteiger partial charge in [0, 0.05) is 12.4 Å². The average Bonchev–Trinajstić information content (AvgIpc) is 2.14. The van der Waals surface area contributed by atoms with Crippen LogP contribution >= 0.6 is 11.8 Å². The van der Waals surface area contributed by atoms with Crippen molar-refractivity contribution in [1.82, 2.24) is 10.6 Å². The number of nitrogens with one attached hydrogen (secondary N) is 2. The molecule has 6 heteroatoms. The van der Waals surface area contributed by atoms with Gasteiger partial charge in [-0.2, -0.15) is 11.8 Å². The Balaban J connectivity index is 2.53. The second-order valence-electron chi connectivity index (χ2n) is 2.86. The van der Waals surface area contributed by atoms with Crippen LogP contribution in [0, 0.1) is 0 Å². The largest absolute Gasteiger partial charge is 0.350 e. The van der Waals surface area contributed by atoms with Crippen molar-refractivity contribution in [1.29, 1.82) is 0 Å². The average molecular weight is 218 g/mol. The highest BCUT2D eigenvalue weighted by Gasteiger charge is 2.33. The molecule has 1 fully saturated rings. The molecular weight excluding hydrogens is 204 g/mol. The summed E-state index contributed by atoms with van der Waals surface area (Å²) in [5.74, 6) is 0.124. The number of amides is 2. The Bertz CT molecular complexity index is 211. The lowest BCUT2D eigenvalue weighted by molar-refractivity contribution is -0.147. The van der Waals surface area contributed by atoms with Crippen LogP contribution in [0.15, 0.2) is 0 Å². The van der Waals surface area contributed by atoms with E-state index in [-0.39, 0.29) is 11.8 Å². The number of thioether (sulfide) groups is 1. The van der Waals surface area contributed by atoms with Gasteiger partial charge in [-0.05, 0) is 13.2 Å². The molecule has 1 aliphatic heterocycles. The van der Waals surface area contributed by atoms with Crippen molar-refractivity contribution >= 4 is 23.6 Å². The third kappa shape index (κ3) is 2.62. The van der Waals surface area contributed by atoms with Crippen molar-refractivity contribution in [2.75, 3.05) is 18.6 Å². The zero-order chi connectivity index (χ0) is 10.6. The molecule has 5 nitrogen and oxygen atoms in total. The van der Waals surface area contributed by atoms with E-state index in [1.54, 1.807) is 6.92 Å². The van der Waals surface area contributed by atoms with Gasteiger partial charge in [-0.3, -0.25) is 9.59 Å². The van der Waals surface area contributed by atoms with Crippen LogP contribution in [0.25, 0.3) is 0 Å². The van der Waals surface area contributed by atoms with E-state index in [4.69, 9.17) is 4.74 Å². The maximum Gasteiger partial charge on any atom is 0.270 e. The Morgan fingerprint density at radius 2 is 2.07 bits per heavy atom. The highest BCUT2D eigenvalue weighted by atomic mass is 32.2. The van der Waals surface area contributed by atoms with Crippen LogP contribution in [0.3, 0.4) is 0 Å². The van der Waals surface area contributed by atoms with Gasteiger partial charge in [0.2, 0.25) is 12.1 Å². The highest BCUT2D eigenvalue weighted by Crippen LogP contribution is 2.04. The quantitative estimate of drug-likeness (QED) is 0.656. The van der Waals surface area contributed by atoms with Gasteiger partial charge in [0.1, 0.15) is 6.04 Å². The minimum absolute atomic E-state index is 0.183. The van der Waals surface area contributed by atoms with Gasteiger partial charge in [-0.25, -0.2) is 0 Å². The standard InChI is InChI=1S/C8H14N2O3S/c1-3-13-8-7(12)9-5(4-14-2)6(11)10-8/h5,8H,3-4H2,1-2H3,(H,9,12)(H,10,11). The summed E-state index contributed by atoms with van der Waals surface area (Å²) in [4.78, 5) is 22.8. The molecule has 0 aromatic carbocycles. The normalized spacial score (nSPS) is 27.0. The van der Waals surface area contributed by atoms with Crippen LogP contribution in [0.2, 0.25) is 0 Å². The monoisotopic (exact) mass is 218 g/mol. The maximum atomic E-state index is 11.4. The summed E-state index contributed by atoms with van der Waals surface area (Å²) in [6, 6.07) is -0.436. The molecule has 0 radical (unpaired) electrons. The predicted molar refractivity (Wildman–Crippen MR) is 53.9 cm³/mol. The molecule has 0 aromatic rings. The molecule has 0 aromatic heterocycles. The van der Waals surface area contributed by atoms with Crippen LogP contribution in [0.5, 0.6) is 0 Å². The molecule has 2 unspecified atom stereocenters. The highest BCUT2D eigenvalue weighted by molar-refractivity contribution is 7.98. The number of rotatable bonds is 4. The Kier molecular flexibility index (Phi) is 4.21. The molecule has 0 saturated carbocycles. The number of piperazine rings is 1. The Morgan fingerprint density at radius 3 is 2.64 bits per heavy atom. The van der Waals surface area contributed by atoms with Crippen LogP contribution in [0.1, 0.15) is 6.92 Å². The minimum atomic E-state index is -0.828. The summed E-state index contributed by atoms with van der Waals surface area (Å²) in [5, 5.41) is 5.12. The molecule has 0 spiro atoms. The van der Waals surface area contributed by atoms with E-state index in [2.05, 4.69) is 10.6 Å². The van der Waals surface area contributed by atoms with Crippen molar-refractivity contribution in [3.63, 3.8) is 0 Å². The topological polar surface area (TPSA) is 67.4 Å². The SMILES string of the molecule is CCOC1NC(=O)C(CSC)NC1=O. The second-order valence-corrected chi connectivity index (χ2v) is 3.77. The molecule has 1 aliphatic rings. The van der Waals surface area contributed by atoms with E-state index >= 15 is 0 Å². The third-order valence-corrected chi connectivity index (χ3v) is 2.48. The third-order valence-electron chi connectivity index (χ3n) is 1.81. The number of carbonyl (C=O) groups excluding carboxylic acids is 2. The van der Waals surface area contributed by atoms with Crippen molar-refractivity contribution < 1.29 is 14.3 Å². The summed E-state index contributed by atoms with van der Waals surface area (Å²) in [6.07, 6.45) is 1.05. The second kappa shape index (κ2) is 5.21. The van der Waals surface area contributed by atoms with Gasteiger partial charge < -0.3 is 15.4 Å². The van der Waals surface area contributed by atoms with Crippen LogP contribution in [0.4, 0.5) is 0 Å². The zero-order valence-electron chi connectivity index (χ0n) is 8.20. The summed E-state index contributed by atoms with van der Waals surface area (Å²) in [5.41, 5.74) is 0. The molecule has 0 aliphatic carbocycles. The zero-order valence-corrected chi connectivity index (χ0v) is 9.02. The number of hydrogen-bond acceptors (Lipinski definition) is 4. The molecule has 0 bridgehead atoms. The molecule has 80 valence electrons. The smallest absolute Gasteiger partial charge is 0.270 e. The number of ether oxygens (including phenoxy) is 1. The first kappa shape index (κ1) is 11.3. The van der Waals surface area contributed by atoms with E-state index in [0.717, 1.165) is 0 Å². The van der Waals surface area contributed by atoms with Crippen molar-refractivity contribution in [2.45, 2.75) is 19.2 Å². The number of carbonyl (C=O) groups is 2. The van der Waals surface area contributed by atoms with Gasteiger partial charge in [0.15, 0.2) is 0 Å². The van der Waals surface area contributed by atoms with E-state index < -0.39 is 12.3 Å². The predicted octanol–water partition coefficient (Wildman–Crippen LogP) is -0.673. The maximum absolute atomic E-state index is 11.4. The molecule has 14 heavy (non-hydrogen) atoms. The first-order valence-corrected chi connectivity index (χ1v) is 5.79. The molecule has 2 atom stereocenters. The lowest BCUT2D eigenvalue weighted by Crippen LogP contribution is -2.63. The minimum Gasteiger partial charge on any atom is -0.350 e. The fourth-order valence-electron chi connectivity index (χ4n) is 1.18. The van der Waals surface area contributed by atoms with Crippen molar-refractivity contribution in [3.05, 3.63) is 0 Å². The van der Waals surface area contributed by atoms with Crippen molar-refractivity contribution in [2.24, 2.45) is 0 Å². The first-order chi connectivity index (χ1) is 6.69. The molecule has 1 rings (SSSR count).